The van der Waals surface area contributed by atoms with Crippen molar-refractivity contribution in [1.82, 2.24) is 20.2 Å². The van der Waals surface area contributed by atoms with Crippen molar-refractivity contribution in [2.75, 3.05) is 6.61 Å². The first kappa shape index (κ1) is 13.5. The molecule has 2 heterocycles. The fraction of sp³-hybridized carbons (Fsp3) is 0.333. The third kappa shape index (κ3) is 2.73. The van der Waals surface area contributed by atoms with E-state index >= 15 is 0 Å². The molecule has 2 aromatic heterocycles. The Labute approximate surface area is 115 Å². The average molecular weight is 281 g/mol. The van der Waals surface area contributed by atoms with Crippen molar-refractivity contribution in [2.45, 2.75) is 20.8 Å². The van der Waals surface area contributed by atoms with Gasteiger partial charge in [0.2, 0.25) is 0 Å². The standard InChI is InChI=1S/C12H13ClN4O2/c1-4-19-12(18)8-9(16-17-10(8)13)11-14-6(2)5-7(3)15-11/h5H,4H2,1-3H3,(H,16,17). The van der Waals surface area contributed by atoms with Crippen LogP contribution in [0, 0.1) is 13.8 Å². The Morgan fingerprint density at radius 2 is 2.00 bits per heavy atom. The molecule has 0 aliphatic carbocycles. The molecule has 1 N–H and O–H groups in total. The smallest absolute Gasteiger partial charge is 0.343 e. The molecule has 0 fully saturated rings. The molecule has 2 rings (SSSR count). The van der Waals surface area contributed by atoms with Crippen molar-refractivity contribution in [2.24, 2.45) is 0 Å². The quantitative estimate of drug-likeness (QED) is 0.873. The molecule has 7 heteroatoms. The van der Waals surface area contributed by atoms with Gasteiger partial charge in [-0.2, -0.15) is 5.10 Å². The Kier molecular flexibility index (Phi) is 3.80. The first-order valence-electron chi connectivity index (χ1n) is 5.76. The molecule has 0 saturated heterocycles. The molecule has 0 aliphatic heterocycles. The zero-order valence-corrected chi connectivity index (χ0v) is 11.6. The third-order valence-corrected chi connectivity index (χ3v) is 2.67. The Morgan fingerprint density at radius 1 is 1.37 bits per heavy atom. The maximum atomic E-state index is 11.9. The van der Waals surface area contributed by atoms with Gasteiger partial charge in [-0.3, -0.25) is 5.10 Å². The van der Waals surface area contributed by atoms with Gasteiger partial charge in [0.05, 0.1) is 6.61 Å². The van der Waals surface area contributed by atoms with Crippen molar-refractivity contribution in [3.8, 4) is 11.5 Å². The Morgan fingerprint density at radius 3 is 2.58 bits per heavy atom. The zero-order valence-electron chi connectivity index (χ0n) is 10.8. The first-order valence-corrected chi connectivity index (χ1v) is 6.14. The highest BCUT2D eigenvalue weighted by molar-refractivity contribution is 6.33. The van der Waals surface area contributed by atoms with E-state index in [0.717, 1.165) is 11.4 Å². The van der Waals surface area contributed by atoms with Crippen LogP contribution in [0.5, 0.6) is 0 Å². The summed E-state index contributed by atoms with van der Waals surface area (Å²) < 4.78 is 4.95. The third-order valence-electron chi connectivity index (χ3n) is 2.40. The highest BCUT2D eigenvalue weighted by Crippen LogP contribution is 2.25. The molecule has 2 aromatic rings. The summed E-state index contributed by atoms with van der Waals surface area (Å²) in [5.74, 6) is -0.192. The monoisotopic (exact) mass is 280 g/mol. The van der Waals surface area contributed by atoms with E-state index in [9.17, 15) is 4.79 Å². The number of rotatable bonds is 3. The molecular weight excluding hydrogens is 268 g/mol. The summed E-state index contributed by atoms with van der Waals surface area (Å²) in [6.07, 6.45) is 0. The SMILES string of the molecule is CCOC(=O)c1c(-c2nc(C)cc(C)n2)n[nH]c1Cl. The minimum absolute atomic E-state index is 0.121. The van der Waals surface area contributed by atoms with Gasteiger partial charge in [0.25, 0.3) is 0 Å². The molecule has 0 amide bonds. The summed E-state index contributed by atoms with van der Waals surface area (Å²) in [5, 5.41) is 6.66. The molecule has 0 radical (unpaired) electrons. The van der Waals surface area contributed by atoms with Gasteiger partial charge < -0.3 is 4.74 Å². The lowest BCUT2D eigenvalue weighted by Crippen LogP contribution is -2.07. The van der Waals surface area contributed by atoms with Gasteiger partial charge in [0, 0.05) is 11.4 Å². The van der Waals surface area contributed by atoms with Gasteiger partial charge in [-0.25, -0.2) is 14.8 Å². The lowest BCUT2D eigenvalue weighted by atomic mass is 10.2. The maximum absolute atomic E-state index is 11.9. The molecule has 0 spiro atoms. The number of halogens is 1. The molecule has 0 saturated carbocycles. The molecule has 19 heavy (non-hydrogen) atoms. The Bertz CT molecular complexity index is 604. The van der Waals surface area contributed by atoms with Crippen LogP contribution >= 0.6 is 11.6 Å². The molecule has 0 unspecified atom stereocenters. The van der Waals surface area contributed by atoms with E-state index in [1.54, 1.807) is 6.92 Å². The van der Waals surface area contributed by atoms with Gasteiger partial charge in [-0.15, -0.1) is 0 Å². The van der Waals surface area contributed by atoms with Crippen molar-refractivity contribution < 1.29 is 9.53 Å². The molecule has 6 nitrogen and oxygen atoms in total. The number of nitrogens with one attached hydrogen (secondary N) is 1. The van der Waals surface area contributed by atoms with Gasteiger partial charge >= 0.3 is 5.97 Å². The van der Waals surface area contributed by atoms with Gasteiger partial charge in [0.15, 0.2) is 5.82 Å². The van der Waals surface area contributed by atoms with E-state index in [-0.39, 0.29) is 17.3 Å². The van der Waals surface area contributed by atoms with Crippen LogP contribution in [-0.2, 0) is 4.74 Å². The van der Waals surface area contributed by atoms with E-state index in [4.69, 9.17) is 16.3 Å². The normalized spacial score (nSPS) is 10.5. The summed E-state index contributed by atoms with van der Waals surface area (Å²) in [7, 11) is 0. The number of ether oxygens (including phenoxy) is 1. The van der Waals surface area contributed by atoms with Crippen molar-refractivity contribution in [3.05, 3.63) is 28.2 Å². The fourth-order valence-corrected chi connectivity index (χ4v) is 1.91. The minimum atomic E-state index is -0.543. The average Bonchev–Trinajstić information content (AvgIpc) is 2.70. The highest BCUT2D eigenvalue weighted by atomic mass is 35.5. The number of H-pyrrole nitrogens is 1. The number of aromatic nitrogens is 4. The molecular formula is C12H13ClN4O2. The molecule has 0 aliphatic rings. The number of carbonyl (C=O) groups is 1. The largest absolute Gasteiger partial charge is 0.462 e. The summed E-state index contributed by atoms with van der Waals surface area (Å²) >= 11 is 5.93. The Hall–Kier alpha value is -1.95. The number of aryl methyl sites for hydroxylation is 2. The molecule has 0 bridgehead atoms. The van der Waals surface area contributed by atoms with E-state index in [2.05, 4.69) is 20.2 Å². The second-order valence-corrected chi connectivity index (χ2v) is 4.33. The number of hydrogen-bond donors (Lipinski definition) is 1. The fourth-order valence-electron chi connectivity index (χ4n) is 1.70. The number of aromatic amines is 1. The van der Waals surface area contributed by atoms with Crippen LogP contribution < -0.4 is 0 Å². The summed E-state index contributed by atoms with van der Waals surface area (Å²) in [6.45, 7) is 5.67. The Balaban J connectivity index is 2.53. The number of hydrogen-bond acceptors (Lipinski definition) is 5. The van der Waals surface area contributed by atoms with E-state index < -0.39 is 5.97 Å². The van der Waals surface area contributed by atoms with E-state index in [1.165, 1.54) is 0 Å². The predicted octanol–water partition coefficient (Wildman–Crippen LogP) is 2.31. The lowest BCUT2D eigenvalue weighted by molar-refractivity contribution is 0.0527. The summed E-state index contributed by atoms with van der Waals surface area (Å²) in [4.78, 5) is 20.4. The summed E-state index contributed by atoms with van der Waals surface area (Å²) in [5.41, 5.74) is 2.04. The minimum Gasteiger partial charge on any atom is -0.462 e. The van der Waals surface area contributed by atoms with Crippen molar-refractivity contribution in [3.63, 3.8) is 0 Å². The van der Waals surface area contributed by atoms with Crippen LogP contribution in [0.1, 0.15) is 28.7 Å². The van der Waals surface area contributed by atoms with E-state index in [0.29, 0.717) is 11.5 Å². The predicted molar refractivity (Wildman–Crippen MR) is 70.1 cm³/mol. The van der Waals surface area contributed by atoms with Crippen molar-refractivity contribution >= 4 is 17.6 Å². The first-order chi connectivity index (χ1) is 9.02. The highest BCUT2D eigenvalue weighted by Gasteiger charge is 2.23. The van der Waals surface area contributed by atoms with Crippen LogP contribution in [0.15, 0.2) is 6.07 Å². The molecule has 100 valence electrons. The van der Waals surface area contributed by atoms with Gasteiger partial charge in [-0.05, 0) is 26.8 Å². The van der Waals surface area contributed by atoms with Crippen LogP contribution in [0.2, 0.25) is 5.15 Å². The number of nitrogens with zero attached hydrogens (tertiary/aromatic N) is 3. The molecule has 0 aromatic carbocycles. The van der Waals surface area contributed by atoms with Crippen molar-refractivity contribution in [1.29, 1.82) is 0 Å². The van der Waals surface area contributed by atoms with Gasteiger partial charge in [0.1, 0.15) is 16.4 Å². The zero-order chi connectivity index (χ0) is 14.0. The van der Waals surface area contributed by atoms with Crippen LogP contribution in [-0.4, -0.2) is 32.7 Å². The number of esters is 1. The lowest BCUT2D eigenvalue weighted by Gasteiger charge is -2.04. The van der Waals surface area contributed by atoms with Crippen LogP contribution in [0.3, 0.4) is 0 Å². The van der Waals surface area contributed by atoms with E-state index in [1.807, 2.05) is 19.9 Å². The van der Waals surface area contributed by atoms with Crippen LogP contribution in [0.4, 0.5) is 0 Å². The number of carbonyl (C=O) groups excluding carboxylic acids is 1. The molecule has 0 atom stereocenters. The second-order valence-electron chi connectivity index (χ2n) is 3.96. The topological polar surface area (TPSA) is 80.8 Å². The second kappa shape index (κ2) is 5.36. The maximum Gasteiger partial charge on any atom is 0.343 e. The van der Waals surface area contributed by atoms with Gasteiger partial charge in [-0.1, -0.05) is 11.6 Å². The van der Waals surface area contributed by atoms with Crippen LogP contribution in [0.25, 0.3) is 11.5 Å². The summed E-state index contributed by atoms with van der Waals surface area (Å²) in [6, 6.07) is 1.84.